The Hall–Kier alpha value is -1.66. The van der Waals surface area contributed by atoms with Gasteiger partial charge in [0.05, 0.1) is 13.2 Å². The van der Waals surface area contributed by atoms with Gasteiger partial charge < -0.3 is 10.1 Å². The zero-order chi connectivity index (χ0) is 15.4. The normalized spacial score (nSPS) is 16.6. The molecule has 0 radical (unpaired) electrons. The van der Waals surface area contributed by atoms with E-state index in [1.165, 1.54) is 29.9 Å². The summed E-state index contributed by atoms with van der Waals surface area (Å²) in [5, 5.41) is 4.33. The van der Waals surface area contributed by atoms with Crippen molar-refractivity contribution in [2.75, 3.05) is 32.1 Å². The lowest BCUT2D eigenvalue weighted by molar-refractivity contribution is 0.255. The highest BCUT2D eigenvalue weighted by atomic mass is 32.1. The summed E-state index contributed by atoms with van der Waals surface area (Å²) in [6.45, 7) is 5.06. The van der Waals surface area contributed by atoms with Gasteiger partial charge in [-0.2, -0.15) is 4.37 Å². The Morgan fingerprint density at radius 3 is 2.86 bits per heavy atom. The zero-order valence-electron chi connectivity index (χ0n) is 13.1. The summed E-state index contributed by atoms with van der Waals surface area (Å²) in [4.78, 5) is 6.93. The first kappa shape index (κ1) is 15.2. The van der Waals surface area contributed by atoms with Crippen molar-refractivity contribution in [3.05, 3.63) is 35.7 Å². The molecule has 6 heteroatoms. The predicted molar refractivity (Wildman–Crippen MR) is 89.7 cm³/mol. The second kappa shape index (κ2) is 7.07. The first-order valence-corrected chi connectivity index (χ1v) is 8.46. The summed E-state index contributed by atoms with van der Waals surface area (Å²) in [6, 6.07) is 8.70. The van der Waals surface area contributed by atoms with Crippen LogP contribution in [0.2, 0.25) is 0 Å². The topological polar surface area (TPSA) is 50.3 Å². The molecule has 2 heterocycles. The van der Waals surface area contributed by atoms with Crippen molar-refractivity contribution in [1.29, 1.82) is 0 Å². The zero-order valence-corrected chi connectivity index (χ0v) is 13.9. The predicted octanol–water partition coefficient (Wildman–Crippen LogP) is 3.10. The third-order valence-electron chi connectivity index (χ3n) is 4.03. The number of hydrogen-bond acceptors (Lipinski definition) is 6. The Morgan fingerprint density at radius 1 is 1.36 bits per heavy atom. The van der Waals surface area contributed by atoms with Crippen molar-refractivity contribution in [1.82, 2.24) is 14.3 Å². The van der Waals surface area contributed by atoms with Crippen LogP contribution in [0.4, 0.5) is 5.13 Å². The molecule has 0 aliphatic carbocycles. The second-order valence-electron chi connectivity index (χ2n) is 5.56. The minimum atomic E-state index is 0.335. The van der Waals surface area contributed by atoms with E-state index in [0.29, 0.717) is 6.04 Å². The van der Waals surface area contributed by atoms with Gasteiger partial charge in [-0.25, -0.2) is 4.98 Å². The van der Waals surface area contributed by atoms with E-state index in [-0.39, 0.29) is 0 Å². The van der Waals surface area contributed by atoms with E-state index in [1.807, 2.05) is 13.0 Å². The molecule has 1 aromatic heterocycles. The summed E-state index contributed by atoms with van der Waals surface area (Å²) in [5.41, 5.74) is 1.29. The highest BCUT2D eigenvalue weighted by Crippen LogP contribution is 2.28. The summed E-state index contributed by atoms with van der Waals surface area (Å²) in [7, 11) is 1.71. The molecule has 1 fully saturated rings. The van der Waals surface area contributed by atoms with E-state index in [2.05, 4.69) is 37.8 Å². The molecule has 1 atom stereocenters. The highest BCUT2D eigenvalue weighted by Gasteiger charge is 2.24. The molecule has 0 spiro atoms. The lowest BCUT2D eigenvalue weighted by Gasteiger charge is -2.28. The number of nitrogens with one attached hydrogen (secondary N) is 1. The number of aryl methyl sites for hydroxylation is 1. The van der Waals surface area contributed by atoms with Gasteiger partial charge in [0.1, 0.15) is 11.6 Å². The van der Waals surface area contributed by atoms with Crippen LogP contribution in [0.3, 0.4) is 0 Å². The van der Waals surface area contributed by atoms with E-state index in [4.69, 9.17) is 4.74 Å². The maximum atomic E-state index is 5.37. The number of aromatic nitrogens is 2. The van der Waals surface area contributed by atoms with Gasteiger partial charge in [0, 0.05) is 18.1 Å². The average Bonchev–Trinajstić information content (AvgIpc) is 3.20. The first-order valence-electron chi connectivity index (χ1n) is 7.68. The van der Waals surface area contributed by atoms with E-state index in [1.54, 1.807) is 7.11 Å². The second-order valence-corrected chi connectivity index (χ2v) is 6.31. The van der Waals surface area contributed by atoms with Crippen LogP contribution in [0.15, 0.2) is 24.3 Å². The Morgan fingerprint density at radius 2 is 2.18 bits per heavy atom. The smallest absolute Gasteiger partial charge is 0.202 e. The van der Waals surface area contributed by atoms with Crippen molar-refractivity contribution in [2.45, 2.75) is 25.8 Å². The van der Waals surface area contributed by atoms with Crippen molar-refractivity contribution in [3.8, 4) is 5.75 Å². The number of benzene rings is 1. The Bertz CT molecular complexity index is 610. The first-order chi connectivity index (χ1) is 10.8. The Kier molecular flexibility index (Phi) is 4.90. The average molecular weight is 318 g/mol. The largest absolute Gasteiger partial charge is 0.497 e. The number of anilines is 1. The number of nitrogens with zero attached hydrogens (tertiary/aromatic N) is 3. The molecule has 1 aliphatic rings. The molecule has 0 bridgehead atoms. The van der Waals surface area contributed by atoms with Gasteiger partial charge in [0.15, 0.2) is 0 Å². The van der Waals surface area contributed by atoms with Gasteiger partial charge in [0.25, 0.3) is 0 Å². The number of likely N-dealkylation sites (tertiary alicyclic amines) is 1. The van der Waals surface area contributed by atoms with Crippen LogP contribution in [0.1, 0.15) is 30.3 Å². The van der Waals surface area contributed by atoms with E-state index in [9.17, 15) is 0 Å². The summed E-state index contributed by atoms with van der Waals surface area (Å²) in [5.74, 6) is 1.74. The molecular weight excluding hydrogens is 296 g/mol. The molecular formula is C16H22N4OS. The van der Waals surface area contributed by atoms with Crippen LogP contribution in [-0.2, 0) is 0 Å². The maximum Gasteiger partial charge on any atom is 0.202 e. The standard InChI is InChI=1S/C16H22N4OS/c1-12-18-16(22-19-12)17-11-15(20-8-3-4-9-20)13-6-5-7-14(10-13)21-2/h5-7,10,15H,3-4,8-9,11H2,1-2H3,(H,17,18,19). The summed E-state index contributed by atoms with van der Waals surface area (Å²) in [6.07, 6.45) is 2.55. The number of hydrogen-bond donors (Lipinski definition) is 1. The van der Waals surface area contributed by atoms with Crippen LogP contribution < -0.4 is 10.1 Å². The lowest BCUT2D eigenvalue weighted by atomic mass is 10.1. The minimum Gasteiger partial charge on any atom is -0.497 e. The minimum absolute atomic E-state index is 0.335. The number of ether oxygens (including phenoxy) is 1. The van der Waals surface area contributed by atoms with Crippen molar-refractivity contribution >= 4 is 16.7 Å². The fraction of sp³-hybridized carbons (Fsp3) is 0.500. The molecule has 118 valence electrons. The van der Waals surface area contributed by atoms with Gasteiger partial charge in [-0.15, -0.1) is 0 Å². The van der Waals surface area contributed by atoms with Gasteiger partial charge >= 0.3 is 0 Å². The molecule has 1 unspecified atom stereocenters. The third-order valence-corrected chi connectivity index (χ3v) is 4.80. The lowest BCUT2D eigenvalue weighted by Crippen LogP contribution is -2.31. The van der Waals surface area contributed by atoms with Crippen LogP contribution in [0.25, 0.3) is 0 Å². The SMILES string of the molecule is COc1cccc(C(CNc2nc(C)ns2)N2CCCC2)c1. The maximum absolute atomic E-state index is 5.37. The van der Waals surface area contributed by atoms with E-state index < -0.39 is 0 Å². The molecule has 0 amide bonds. The summed E-state index contributed by atoms with van der Waals surface area (Å²) >= 11 is 1.42. The van der Waals surface area contributed by atoms with Crippen LogP contribution in [0, 0.1) is 6.92 Å². The van der Waals surface area contributed by atoms with Crippen molar-refractivity contribution < 1.29 is 4.74 Å². The van der Waals surface area contributed by atoms with Gasteiger partial charge in [-0.1, -0.05) is 12.1 Å². The monoisotopic (exact) mass is 318 g/mol. The molecule has 1 aliphatic heterocycles. The quantitative estimate of drug-likeness (QED) is 0.887. The van der Waals surface area contributed by atoms with Crippen molar-refractivity contribution in [2.24, 2.45) is 0 Å². The van der Waals surface area contributed by atoms with E-state index in [0.717, 1.165) is 36.3 Å². The Balaban J connectivity index is 1.76. The molecule has 1 aromatic carbocycles. The van der Waals surface area contributed by atoms with E-state index >= 15 is 0 Å². The molecule has 2 aromatic rings. The number of methoxy groups -OCH3 is 1. The molecule has 22 heavy (non-hydrogen) atoms. The fourth-order valence-electron chi connectivity index (χ4n) is 2.91. The molecule has 5 nitrogen and oxygen atoms in total. The van der Waals surface area contributed by atoms with Crippen molar-refractivity contribution in [3.63, 3.8) is 0 Å². The van der Waals surface area contributed by atoms with Crippen LogP contribution in [0.5, 0.6) is 5.75 Å². The fourth-order valence-corrected chi connectivity index (χ4v) is 3.49. The number of rotatable bonds is 6. The molecule has 1 saturated heterocycles. The molecule has 0 saturated carbocycles. The third kappa shape index (κ3) is 3.56. The van der Waals surface area contributed by atoms with Gasteiger partial charge in [-0.05, 0) is 50.6 Å². The van der Waals surface area contributed by atoms with Crippen LogP contribution in [-0.4, -0.2) is 41.0 Å². The van der Waals surface area contributed by atoms with Gasteiger partial charge in [-0.3, -0.25) is 4.90 Å². The highest BCUT2D eigenvalue weighted by molar-refractivity contribution is 7.09. The van der Waals surface area contributed by atoms with Crippen LogP contribution >= 0.6 is 11.5 Å². The molecule has 1 N–H and O–H groups in total. The summed E-state index contributed by atoms with van der Waals surface area (Å²) < 4.78 is 9.60. The van der Waals surface area contributed by atoms with Gasteiger partial charge in [0.2, 0.25) is 5.13 Å². The Labute approximate surface area is 135 Å². The molecule has 3 rings (SSSR count).